The van der Waals surface area contributed by atoms with Crippen molar-refractivity contribution in [2.45, 2.75) is 24.4 Å². The van der Waals surface area contributed by atoms with Crippen LogP contribution in [-0.2, 0) is 0 Å². The summed E-state index contributed by atoms with van der Waals surface area (Å²) in [7, 11) is 0. The summed E-state index contributed by atoms with van der Waals surface area (Å²) in [6.07, 6.45) is -6.79. The first-order valence-corrected chi connectivity index (χ1v) is 6.41. The van der Waals surface area contributed by atoms with E-state index in [1.165, 1.54) is 6.07 Å². The summed E-state index contributed by atoms with van der Waals surface area (Å²) < 4.78 is 0. The number of phenols is 2. The monoisotopic (exact) mass is 317 g/mol. The third kappa shape index (κ3) is 4.55. The maximum atomic E-state index is 11.7. The predicted octanol–water partition coefficient (Wildman–Crippen LogP) is -2.74. The summed E-state index contributed by atoms with van der Waals surface area (Å²) in [4.78, 5) is 11.7. The first kappa shape index (κ1) is 18.1. The number of nitrogens with one attached hydrogen (secondary N) is 1. The predicted molar refractivity (Wildman–Crippen MR) is 73.2 cm³/mol. The van der Waals surface area contributed by atoms with Crippen LogP contribution in [0.15, 0.2) is 18.2 Å². The fourth-order valence-electron chi connectivity index (χ4n) is 1.65. The van der Waals surface area contributed by atoms with Crippen molar-refractivity contribution in [3.05, 3.63) is 23.8 Å². The number of carbonyl (C=O) groups is 1. The van der Waals surface area contributed by atoms with Gasteiger partial charge in [0.1, 0.15) is 18.3 Å². The van der Waals surface area contributed by atoms with E-state index in [-0.39, 0.29) is 5.56 Å². The lowest BCUT2D eigenvalue weighted by atomic mass is 10.0. The average molecular weight is 317 g/mol. The van der Waals surface area contributed by atoms with Crippen LogP contribution >= 0.6 is 0 Å². The normalized spacial score (nSPS) is 16.6. The summed E-state index contributed by atoms with van der Waals surface area (Å²) in [5, 5.41) is 67.0. The molecule has 8 N–H and O–H groups in total. The molecular weight excluding hydrogens is 298 g/mol. The Labute approximate surface area is 125 Å². The number of amides is 1. The van der Waals surface area contributed by atoms with Gasteiger partial charge in [-0.3, -0.25) is 4.79 Å². The molecule has 0 aliphatic rings. The largest absolute Gasteiger partial charge is 0.504 e. The van der Waals surface area contributed by atoms with Crippen LogP contribution in [0.2, 0.25) is 0 Å². The lowest BCUT2D eigenvalue weighted by molar-refractivity contribution is -0.113. The summed E-state index contributed by atoms with van der Waals surface area (Å²) in [6.45, 7) is -1.25. The molecule has 0 radical (unpaired) electrons. The van der Waals surface area contributed by atoms with Crippen LogP contribution in [0.4, 0.5) is 0 Å². The number of aliphatic hydroxyl groups excluding tert-OH is 5. The minimum absolute atomic E-state index is 0.00734. The molecule has 2 unspecified atom stereocenters. The van der Waals surface area contributed by atoms with E-state index in [1.807, 2.05) is 0 Å². The van der Waals surface area contributed by atoms with E-state index < -0.39 is 55.0 Å². The zero-order valence-electron chi connectivity index (χ0n) is 11.5. The van der Waals surface area contributed by atoms with Gasteiger partial charge in [-0.05, 0) is 18.2 Å². The number of rotatable bonds is 7. The number of hydrogen-bond acceptors (Lipinski definition) is 8. The maximum absolute atomic E-state index is 11.7. The number of hydrogen-bond donors (Lipinski definition) is 8. The van der Waals surface area contributed by atoms with E-state index >= 15 is 0 Å². The molecule has 0 saturated heterocycles. The molecule has 0 aliphatic heterocycles. The number of phenolic OH excluding ortho intramolecular Hbond substituents is 2. The molecule has 0 aromatic heterocycles. The number of benzene rings is 1. The van der Waals surface area contributed by atoms with Gasteiger partial charge in [0, 0.05) is 12.1 Å². The van der Waals surface area contributed by atoms with Crippen molar-refractivity contribution < 1.29 is 40.5 Å². The van der Waals surface area contributed by atoms with Gasteiger partial charge in [0.05, 0.1) is 12.7 Å². The van der Waals surface area contributed by atoms with Crippen molar-refractivity contribution in [1.29, 1.82) is 0 Å². The smallest absolute Gasteiger partial charge is 0.251 e. The van der Waals surface area contributed by atoms with Gasteiger partial charge < -0.3 is 41.1 Å². The minimum atomic E-state index is -1.78. The van der Waals surface area contributed by atoms with E-state index in [2.05, 4.69) is 5.32 Å². The Balaban J connectivity index is 2.57. The van der Waals surface area contributed by atoms with Crippen molar-refractivity contribution in [1.82, 2.24) is 5.32 Å². The molecule has 1 aromatic rings. The summed E-state index contributed by atoms with van der Waals surface area (Å²) in [5.41, 5.74) is 0.00734. The number of aromatic hydroxyl groups is 2. The van der Waals surface area contributed by atoms with Crippen LogP contribution in [0.25, 0.3) is 0 Å². The second kappa shape index (κ2) is 7.92. The first-order valence-electron chi connectivity index (χ1n) is 6.41. The molecular formula is C13H19NO8. The molecule has 0 heterocycles. The summed E-state index contributed by atoms with van der Waals surface area (Å²) in [5.74, 6) is -1.58. The van der Waals surface area contributed by atoms with Crippen molar-refractivity contribution in [2.75, 3.05) is 13.2 Å². The van der Waals surface area contributed by atoms with E-state index in [4.69, 9.17) is 15.3 Å². The van der Waals surface area contributed by atoms with Gasteiger partial charge in [-0.2, -0.15) is 0 Å². The Kier molecular flexibility index (Phi) is 6.53. The Morgan fingerprint density at radius 2 is 1.59 bits per heavy atom. The highest BCUT2D eigenvalue weighted by Gasteiger charge is 2.30. The molecule has 1 aromatic carbocycles. The van der Waals surface area contributed by atoms with Crippen molar-refractivity contribution in [3.8, 4) is 11.5 Å². The fourth-order valence-corrected chi connectivity index (χ4v) is 1.65. The fraction of sp³-hybridized carbons (Fsp3) is 0.462. The highest BCUT2D eigenvalue weighted by Crippen LogP contribution is 2.24. The molecule has 124 valence electrons. The van der Waals surface area contributed by atoms with Crippen molar-refractivity contribution in [2.24, 2.45) is 0 Å². The van der Waals surface area contributed by atoms with Crippen LogP contribution < -0.4 is 5.32 Å². The quantitative estimate of drug-likeness (QED) is 0.250. The van der Waals surface area contributed by atoms with Gasteiger partial charge in [-0.25, -0.2) is 0 Å². The van der Waals surface area contributed by atoms with E-state index in [0.717, 1.165) is 12.1 Å². The van der Waals surface area contributed by atoms with Gasteiger partial charge in [-0.1, -0.05) is 0 Å². The lowest BCUT2D eigenvalue weighted by Gasteiger charge is -2.25. The standard InChI is InChI=1S/C13H19NO8/c15-5-10(19)12(21)11(20)9(18)4-14-13(22)6-1-2-7(16)8(17)3-6/h1-3,9-12,15-21H,4-5H2,(H,14,22)/t9-,10?,11?,12-/m1/s1. The summed E-state index contributed by atoms with van der Waals surface area (Å²) in [6, 6.07) is 3.35. The third-order valence-electron chi connectivity index (χ3n) is 3.03. The van der Waals surface area contributed by atoms with Gasteiger partial charge in [0.25, 0.3) is 5.91 Å². The Bertz CT molecular complexity index is 509. The lowest BCUT2D eigenvalue weighted by Crippen LogP contribution is -2.49. The van der Waals surface area contributed by atoms with Crippen LogP contribution in [0.3, 0.4) is 0 Å². The van der Waals surface area contributed by atoms with Gasteiger partial charge >= 0.3 is 0 Å². The molecule has 0 fully saturated rings. The van der Waals surface area contributed by atoms with E-state index in [1.54, 1.807) is 0 Å². The second-order valence-corrected chi connectivity index (χ2v) is 4.71. The van der Waals surface area contributed by atoms with E-state index in [9.17, 15) is 25.2 Å². The molecule has 0 aliphatic carbocycles. The highest BCUT2D eigenvalue weighted by atomic mass is 16.4. The molecule has 0 bridgehead atoms. The Hall–Kier alpha value is -1.91. The maximum Gasteiger partial charge on any atom is 0.251 e. The third-order valence-corrected chi connectivity index (χ3v) is 3.03. The summed E-state index contributed by atoms with van der Waals surface area (Å²) >= 11 is 0. The zero-order valence-corrected chi connectivity index (χ0v) is 11.5. The van der Waals surface area contributed by atoms with Crippen molar-refractivity contribution in [3.63, 3.8) is 0 Å². The molecule has 0 saturated carbocycles. The topological polar surface area (TPSA) is 171 Å². The molecule has 4 atom stereocenters. The van der Waals surface area contributed by atoms with Crippen LogP contribution in [0.1, 0.15) is 10.4 Å². The Morgan fingerprint density at radius 3 is 2.14 bits per heavy atom. The first-order chi connectivity index (χ1) is 10.3. The number of aliphatic hydroxyl groups is 5. The molecule has 1 amide bonds. The van der Waals surface area contributed by atoms with Crippen LogP contribution in [-0.4, -0.2) is 79.2 Å². The van der Waals surface area contributed by atoms with E-state index in [0.29, 0.717) is 0 Å². The highest BCUT2D eigenvalue weighted by molar-refractivity contribution is 5.94. The molecule has 9 heteroatoms. The minimum Gasteiger partial charge on any atom is -0.504 e. The molecule has 0 spiro atoms. The second-order valence-electron chi connectivity index (χ2n) is 4.71. The Morgan fingerprint density at radius 1 is 1.00 bits per heavy atom. The average Bonchev–Trinajstić information content (AvgIpc) is 2.52. The SMILES string of the molecule is O=C(NC[C@@H](O)C(O)[C@H](O)C(O)CO)c1ccc(O)c(O)c1. The van der Waals surface area contributed by atoms with Crippen LogP contribution in [0, 0.1) is 0 Å². The zero-order chi connectivity index (χ0) is 16.9. The van der Waals surface area contributed by atoms with Gasteiger partial charge in [0.2, 0.25) is 0 Å². The molecule has 22 heavy (non-hydrogen) atoms. The number of carbonyl (C=O) groups excluding carboxylic acids is 1. The molecule has 9 nitrogen and oxygen atoms in total. The molecule has 1 rings (SSSR count). The van der Waals surface area contributed by atoms with Gasteiger partial charge in [-0.15, -0.1) is 0 Å². The van der Waals surface area contributed by atoms with Gasteiger partial charge in [0.15, 0.2) is 11.5 Å². The van der Waals surface area contributed by atoms with Crippen molar-refractivity contribution >= 4 is 5.91 Å². The van der Waals surface area contributed by atoms with Crippen LogP contribution in [0.5, 0.6) is 11.5 Å².